The molecular formula is C11H17N5S2. The third-order valence-electron chi connectivity index (χ3n) is 3.45. The lowest BCUT2D eigenvalue weighted by Crippen LogP contribution is -2.14. The predicted molar refractivity (Wildman–Crippen MR) is 75.2 cm³/mol. The fourth-order valence-corrected chi connectivity index (χ4v) is 3.46. The van der Waals surface area contributed by atoms with E-state index in [4.69, 9.17) is 5.73 Å². The highest BCUT2D eigenvalue weighted by Crippen LogP contribution is 2.36. The van der Waals surface area contributed by atoms with Crippen molar-refractivity contribution in [2.75, 3.05) is 12.0 Å². The normalized spacial score (nSPS) is 18.1. The van der Waals surface area contributed by atoms with Gasteiger partial charge in [0.25, 0.3) is 0 Å². The number of hydrogen-bond donors (Lipinski definition) is 1. The average molecular weight is 283 g/mol. The lowest BCUT2D eigenvalue weighted by atomic mass is 9.85. The van der Waals surface area contributed by atoms with Crippen LogP contribution in [0.15, 0.2) is 0 Å². The summed E-state index contributed by atoms with van der Waals surface area (Å²) in [6.45, 7) is 0. The summed E-state index contributed by atoms with van der Waals surface area (Å²) in [5.74, 6) is 2.64. The summed E-state index contributed by atoms with van der Waals surface area (Å²) in [7, 11) is 0. The van der Waals surface area contributed by atoms with Crippen molar-refractivity contribution < 1.29 is 0 Å². The summed E-state index contributed by atoms with van der Waals surface area (Å²) < 4.78 is 1.91. The molecule has 1 fully saturated rings. The second-order valence-corrected chi connectivity index (χ2v) is 6.68. The Morgan fingerprint density at radius 2 is 2.33 bits per heavy atom. The number of nitrogens with two attached hydrogens (primary N) is 1. The fourth-order valence-electron chi connectivity index (χ4n) is 2.09. The third kappa shape index (κ3) is 2.15. The van der Waals surface area contributed by atoms with E-state index in [-0.39, 0.29) is 6.04 Å². The number of rotatable bonds is 5. The molecule has 0 aliphatic heterocycles. The average Bonchev–Trinajstić information content (AvgIpc) is 2.85. The zero-order valence-corrected chi connectivity index (χ0v) is 12.0. The Hall–Kier alpha value is -0.660. The summed E-state index contributed by atoms with van der Waals surface area (Å²) in [6, 6.07) is 0.0263. The van der Waals surface area contributed by atoms with Crippen LogP contribution in [0, 0.1) is 0 Å². The Kier molecular flexibility index (Phi) is 3.54. The molecule has 0 spiro atoms. The highest BCUT2D eigenvalue weighted by atomic mass is 32.2. The van der Waals surface area contributed by atoms with Crippen molar-refractivity contribution in [2.45, 2.75) is 37.6 Å². The molecule has 1 aliphatic carbocycles. The minimum Gasteiger partial charge on any atom is -0.322 e. The molecule has 0 radical (unpaired) electrons. The van der Waals surface area contributed by atoms with Crippen molar-refractivity contribution in [1.29, 1.82) is 0 Å². The first kappa shape index (κ1) is 12.4. The first-order valence-electron chi connectivity index (χ1n) is 6.26. The van der Waals surface area contributed by atoms with Crippen molar-refractivity contribution in [2.24, 2.45) is 5.73 Å². The lowest BCUT2D eigenvalue weighted by molar-refractivity contribution is 0.394. The maximum Gasteiger partial charge on any atom is 0.234 e. The molecule has 2 aromatic rings. The second-order valence-electron chi connectivity index (χ2n) is 4.71. The van der Waals surface area contributed by atoms with Gasteiger partial charge in [-0.15, -0.1) is 10.2 Å². The first-order chi connectivity index (χ1) is 8.79. The largest absolute Gasteiger partial charge is 0.322 e. The van der Waals surface area contributed by atoms with Gasteiger partial charge in [-0.25, -0.2) is 0 Å². The van der Waals surface area contributed by atoms with E-state index < -0.39 is 0 Å². The van der Waals surface area contributed by atoms with Crippen molar-refractivity contribution >= 4 is 28.1 Å². The molecule has 0 bridgehead atoms. The van der Waals surface area contributed by atoms with Crippen molar-refractivity contribution in [3.05, 3.63) is 10.8 Å². The van der Waals surface area contributed by atoms with Gasteiger partial charge in [0.05, 0.1) is 6.04 Å². The number of hydrogen-bond acceptors (Lipinski definition) is 6. The third-order valence-corrected chi connectivity index (χ3v) is 5.13. The van der Waals surface area contributed by atoms with Gasteiger partial charge in [0.1, 0.15) is 5.01 Å². The molecule has 0 aromatic carbocycles. The monoisotopic (exact) mass is 283 g/mol. The van der Waals surface area contributed by atoms with E-state index >= 15 is 0 Å². The molecular weight excluding hydrogens is 266 g/mol. The Bertz CT molecular complexity index is 531. The predicted octanol–water partition coefficient (Wildman–Crippen LogP) is 2.21. The molecule has 1 atom stereocenters. The van der Waals surface area contributed by atoms with Gasteiger partial charge < -0.3 is 5.73 Å². The molecule has 5 nitrogen and oxygen atoms in total. The van der Waals surface area contributed by atoms with Crippen molar-refractivity contribution in [3.63, 3.8) is 0 Å². The van der Waals surface area contributed by atoms with E-state index in [1.807, 2.05) is 16.3 Å². The van der Waals surface area contributed by atoms with Crippen LogP contribution in [0.3, 0.4) is 0 Å². The van der Waals surface area contributed by atoms with Gasteiger partial charge >= 0.3 is 0 Å². The molecule has 1 aliphatic rings. The van der Waals surface area contributed by atoms with Crippen LogP contribution in [0.25, 0.3) is 4.96 Å². The molecule has 0 amide bonds. The summed E-state index contributed by atoms with van der Waals surface area (Å²) in [6.07, 6.45) is 6.78. The molecule has 0 saturated heterocycles. The van der Waals surface area contributed by atoms with E-state index in [0.717, 1.165) is 28.0 Å². The summed E-state index contributed by atoms with van der Waals surface area (Å²) >= 11 is 3.39. The molecule has 2 heterocycles. The van der Waals surface area contributed by atoms with E-state index in [0.29, 0.717) is 5.92 Å². The molecule has 18 heavy (non-hydrogen) atoms. The van der Waals surface area contributed by atoms with Gasteiger partial charge in [-0.1, -0.05) is 17.8 Å². The molecule has 98 valence electrons. The number of nitrogens with zero attached hydrogens (tertiary/aromatic N) is 4. The second kappa shape index (κ2) is 5.14. The Morgan fingerprint density at radius 3 is 3.00 bits per heavy atom. The fraction of sp³-hybridized carbons (Fsp3) is 0.727. The topological polar surface area (TPSA) is 69.1 Å². The minimum absolute atomic E-state index is 0.0263. The Labute approximate surface area is 114 Å². The van der Waals surface area contributed by atoms with E-state index in [1.165, 1.54) is 19.3 Å². The SMILES string of the molecule is CSCCC(N)c1nn2c(C3CCC3)nnc2s1. The van der Waals surface area contributed by atoms with Crippen LogP contribution in [-0.4, -0.2) is 31.8 Å². The van der Waals surface area contributed by atoms with Gasteiger partial charge in [0.2, 0.25) is 4.96 Å². The number of thioether (sulfide) groups is 1. The van der Waals surface area contributed by atoms with Crippen LogP contribution in [0.1, 0.15) is 48.5 Å². The molecule has 1 unspecified atom stereocenters. The van der Waals surface area contributed by atoms with Gasteiger partial charge in [-0.2, -0.15) is 21.4 Å². The van der Waals surface area contributed by atoms with Crippen LogP contribution in [-0.2, 0) is 0 Å². The smallest absolute Gasteiger partial charge is 0.234 e. The highest BCUT2D eigenvalue weighted by molar-refractivity contribution is 7.98. The number of aromatic nitrogens is 4. The van der Waals surface area contributed by atoms with Crippen LogP contribution in [0.5, 0.6) is 0 Å². The minimum atomic E-state index is 0.0263. The lowest BCUT2D eigenvalue weighted by Gasteiger charge is -2.22. The summed E-state index contributed by atoms with van der Waals surface area (Å²) in [4.78, 5) is 0.881. The quantitative estimate of drug-likeness (QED) is 0.911. The zero-order valence-electron chi connectivity index (χ0n) is 10.4. The van der Waals surface area contributed by atoms with Crippen LogP contribution in [0.4, 0.5) is 0 Å². The Balaban J connectivity index is 1.84. The molecule has 2 aromatic heterocycles. The maximum absolute atomic E-state index is 6.15. The highest BCUT2D eigenvalue weighted by Gasteiger charge is 2.26. The molecule has 2 N–H and O–H groups in total. The van der Waals surface area contributed by atoms with Gasteiger partial charge in [0.15, 0.2) is 5.82 Å². The van der Waals surface area contributed by atoms with Crippen LogP contribution >= 0.6 is 23.1 Å². The Morgan fingerprint density at radius 1 is 1.50 bits per heavy atom. The summed E-state index contributed by atoms with van der Waals surface area (Å²) in [5, 5.41) is 14.1. The van der Waals surface area contributed by atoms with E-state index in [2.05, 4.69) is 21.6 Å². The molecule has 1 saturated carbocycles. The summed E-state index contributed by atoms with van der Waals surface area (Å²) in [5.41, 5.74) is 6.15. The van der Waals surface area contributed by atoms with E-state index in [9.17, 15) is 0 Å². The van der Waals surface area contributed by atoms with Crippen molar-refractivity contribution in [1.82, 2.24) is 19.8 Å². The van der Waals surface area contributed by atoms with Crippen molar-refractivity contribution in [3.8, 4) is 0 Å². The molecule has 7 heteroatoms. The van der Waals surface area contributed by atoms with Gasteiger partial charge in [0, 0.05) is 5.92 Å². The van der Waals surface area contributed by atoms with E-state index in [1.54, 1.807) is 11.3 Å². The first-order valence-corrected chi connectivity index (χ1v) is 8.47. The van der Waals surface area contributed by atoms with Gasteiger partial charge in [-0.3, -0.25) is 0 Å². The zero-order chi connectivity index (χ0) is 12.5. The molecule has 3 rings (SSSR count). The maximum atomic E-state index is 6.15. The van der Waals surface area contributed by atoms with Gasteiger partial charge in [-0.05, 0) is 31.3 Å². The van der Waals surface area contributed by atoms with Crippen LogP contribution < -0.4 is 5.73 Å². The standard InChI is InChI=1S/C11H17N5S2/c1-17-6-5-8(12)10-15-16-9(7-3-2-4-7)13-14-11(16)18-10/h7-8H,2-6,12H2,1H3. The number of fused-ring (bicyclic) bond motifs is 1. The van der Waals surface area contributed by atoms with Crippen LogP contribution in [0.2, 0.25) is 0 Å².